The zero-order chi connectivity index (χ0) is 23.5. The molecule has 8 nitrogen and oxygen atoms in total. The third-order valence-electron chi connectivity index (χ3n) is 5.92. The zero-order valence-electron chi connectivity index (χ0n) is 18.8. The average Bonchev–Trinajstić information content (AvgIpc) is 3.22. The van der Waals surface area contributed by atoms with E-state index in [4.69, 9.17) is 9.72 Å². The van der Waals surface area contributed by atoms with E-state index in [-0.39, 0.29) is 11.8 Å². The third-order valence-corrected chi connectivity index (χ3v) is 5.92. The number of ether oxygens (including phenoxy) is 1. The van der Waals surface area contributed by atoms with E-state index in [9.17, 15) is 9.18 Å². The highest BCUT2D eigenvalue weighted by molar-refractivity contribution is 5.89. The fourth-order valence-electron chi connectivity index (χ4n) is 4.14. The van der Waals surface area contributed by atoms with Crippen molar-refractivity contribution >= 4 is 22.9 Å². The molecule has 1 aliphatic heterocycles. The van der Waals surface area contributed by atoms with E-state index in [1.807, 2.05) is 47.0 Å². The molecule has 1 N–H and O–H groups in total. The van der Waals surface area contributed by atoms with Crippen molar-refractivity contribution in [2.45, 2.75) is 6.54 Å². The first kappa shape index (κ1) is 21.8. The Morgan fingerprint density at radius 2 is 1.85 bits per heavy atom. The Hall–Kier alpha value is -3.98. The number of pyridine rings is 1. The standard InChI is InChI=1S/C25H25FN6O2/c1-34-21-9-7-19(8-10-21)28-25(33)31-14-12-30(13-15-31)17-23-29-22-6-3-11-27-24(22)32(23)20-5-2-4-18(26)16-20/h2-11,16H,12-15,17H2,1H3,(H,28,33). The molecule has 0 bridgehead atoms. The van der Waals surface area contributed by atoms with Gasteiger partial charge >= 0.3 is 6.03 Å². The van der Waals surface area contributed by atoms with Gasteiger partial charge in [0.05, 0.1) is 19.3 Å². The third kappa shape index (κ3) is 4.55. The smallest absolute Gasteiger partial charge is 0.321 e. The van der Waals surface area contributed by atoms with E-state index in [1.165, 1.54) is 12.1 Å². The fourth-order valence-corrected chi connectivity index (χ4v) is 4.14. The quantitative estimate of drug-likeness (QED) is 0.489. The topological polar surface area (TPSA) is 75.5 Å². The first-order valence-corrected chi connectivity index (χ1v) is 11.1. The molecule has 0 aliphatic carbocycles. The second-order valence-electron chi connectivity index (χ2n) is 8.11. The molecule has 0 saturated carbocycles. The van der Waals surface area contributed by atoms with Gasteiger partial charge in [0.2, 0.25) is 0 Å². The maximum atomic E-state index is 13.9. The molecule has 2 aromatic carbocycles. The number of methoxy groups -OCH3 is 1. The minimum atomic E-state index is -0.308. The number of amides is 2. The maximum Gasteiger partial charge on any atom is 0.321 e. The van der Waals surface area contributed by atoms with Gasteiger partial charge < -0.3 is 15.0 Å². The minimum absolute atomic E-state index is 0.124. The molecule has 5 rings (SSSR count). The molecule has 3 heterocycles. The molecule has 0 spiro atoms. The van der Waals surface area contributed by atoms with Crippen LogP contribution in [0, 0.1) is 5.82 Å². The monoisotopic (exact) mass is 460 g/mol. The van der Waals surface area contributed by atoms with Gasteiger partial charge in [0.1, 0.15) is 22.9 Å². The molecule has 174 valence electrons. The lowest BCUT2D eigenvalue weighted by Gasteiger charge is -2.34. The van der Waals surface area contributed by atoms with E-state index in [0.29, 0.717) is 44.1 Å². The van der Waals surface area contributed by atoms with Crippen molar-refractivity contribution in [3.63, 3.8) is 0 Å². The van der Waals surface area contributed by atoms with Crippen molar-refractivity contribution in [1.82, 2.24) is 24.3 Å². The molecule has 1 saturated heterocycles. The summed E-state index contributed by atoms with van der Waals surface area (Å²) in [5, 5.41) is 2.93. The zero-order valence-corrected chi connectivity index (χ0v) is 18.8. The molecule has 0 radical (unpaired) electrons. The van der Waals surface area contributed by atoms with E-state index in [2.05, 4.69) is 15.2 Å². The largest absolute Gasteiger partial charge is 0.497 e. The van der Waals surface area contributed by atoms with Crippen molar-refractivity contribution in [2.75, 3.05) is 38.6 Å². The summed E-state index contributed by atoms with van der Waals surface area (Å²) < 4.78 is 21.0. The number of urea groups is 1. The molecule has 4 aromatic rings. The summed E-state index contributed by atoms with van der Waals surface area (Å²) in [4.78, 5) is 26.0. The summed E-state index contributed by atoms with van der Waals surface area (Å²) in [5.74, 6) is 1.22. The SMILES string of the molecule is COc1ccc(NC(=O)N2CCN(Cc3nc4cccnc4n3-c3cccc(F)c3)CC2)cc1. The van der Waals surface area contributed by atoms with Gasteiger partial charge in [-0.05, 0) is 54.6 Å². The van der Waals surface area contributed by atoms with Crippen LogP contribution in [0.15, 0.2) is 66.9 Å². The van der Waals surface area contributed by atoms with Gasteiger partial charge in [0.25, 0.3) is 0 Å². The number of hydrogen-bond donors (Lipinski definition) is 1. The van der Waals surface area contributed by atoms with E-state index in [1.54, 1.807) is 24.3 Å². The van der Waals surface area contributed by atoms with Crippen LogP contribution in [0.2, 0.25) is 0 Å². The highest BCUT2D eigenvalue weighted by Crippen LogP contribution is 2.22. The van der Waals surface area contributed by atoms with Gasteiger partial charge in [-0.1, -0.05) is 6.07 Å². The molecule has 1 aliphatic rings. The fraction of sp³-hybridized carbons (Fsp3) is 0.240. The van der Waals surface area contributed by atoms with Crippen molar-refractivity contribution in [3.8, 4) is 11.4 Å². The van der Waals surface area contributed by atoms with Gasteiger partial charge in [0.15, 0.2) is 5.65 Å². The Balaban J connectivity index is 1.27. The average molecular weight is 461 g/mol. The van der Waals surface area contributed by atoms with Crippen LogP contribution in [-0.2, 0) is 6.54 Å². The Labute approximate surface area is 196 Å². The number of carbonyl (C=O) groups is 1. The summed E-state index contributed by atoms with van der Waals surface area (Å²) in [6.07, 6.45) is 1.71. The van der Waals surface area contributed by atoms with Crippen LogP contribution in [0.4, 0.5) is 14.9 Å². The van der Waals surface area contributed by atoms with Gasteiger partial charge in [-0.3, -0.25) is 9.47 Å². The summed E-state index contributed by atoms with van der Waals surface area (Å²) >= 11 is 0. The number of aromatic nitrogens is 3. The summed E-state index contributed by atoms with van der Waals surface area (Å²) in [7, 11) is 1.61. The van der Waals surface area contributed by atoms with Crippen LogP contribution < -0.4 is 10.1 Å². The molecular formula is C25H25FN6O2. The number of nitrogens with zero attached hydrogens (tertiary/aromatic N) is 5. The summed E-state index contributed by atoms with van der Waals surface area (Å²) in [5.41, 5.74) is 2.87. The predicted molar refractivity (Wildman–Crippen MR) is 128 cm³/mol. The molecule has 2 amide bonds. The molecule has 1 fully saturated rings. The summed E-state index contributed by atoms with van der Waals surface area (Å²) in [6, 6.07) is 17.3. The number of piperazine rings is 1. The summed E-state index contributed by atoms with van der Waals surface area (Å²) in [6.45, 7) is 3.17. The van der Waals surface area contributed by atoms with Gasteiger partial charge in [0, 0.05) is 38.1 Å². The van der Waals surface area contributed by atoms with E-state index in [0.717, 1.165) is 22.8 Å². The second kappa shape index (κ2) is 9.48. The normalized spacial score (nSPS) is 14.4. The Bertz CT molecular complexity index is 1300. The number of fused-ring (bicyclic) bond motifs is 1. The van der Waals surface area contributed by atoms with Crippen LogP contribution in [0.25, 0.3) is 16.9 Å². The number of nitrogens with one attached hydrogen (secondary N) is 1. The van der Waals surface area contributed by atoms with Gasteiger partial charge in [-0.25, -0.2) is 19.2 Å². The molecule has 34 heavy (non-hydrogen) atoms. The van der Waals surface area contributed by atoms with Crippen LogP contribution in [0.1, 0.15) is 5.82 Å². The number of imidazole rings is 1. The lowest BCUT2D eigenvalue weighted by atomic mass is 10.3. The maximum absolute atomic E-state index is 13.9. The second-order valence-corrected chi connectivity index (χ2v) is 8.11. The number of halogens is 1. The predicted octanol–water partition coefficient (Wildman–Crippen LogP) is 3.92. The van der Waals surface area contributed by atoms with Gasteiger partial charge in [-0.15, -0.1) is 0 Å². The van der Waals surface area contributed by atoms with Crippen LogP contribution >= 0.6 is 0 Å². The number of anilines is 1. The van der Waals surface area contributed by atoms with Crippen molar-refractivity contribution in [3.05, 3.63) is 78.5 Å². The van der Waals surface area contributed by atoms with Crippen molar-refractivity contribution in [2.24, 2.45) is 0 Å². The molecule has 9 heteroatoms. The Morgan fingerprint density at radius 3 is 2.59 bits per heavy atom. The lowest BCUT2D eigenvalue weighted by molar-refractivity contribution is 0.140. The molecule has 0 unspecified atom stereocenters. The van der Waals surface area contributed by atoms with E-state index >= 15 is 0 Å². The molecular weight excluding hydrogens is 435 g/mol. The van der Waals surface area contributed by atoms with Crippen molar-refractivity contribution in [1.29, 1.82) is 0 Å². The number of rotatable bonds is 5. The number of benzene rings is 2. The molecule has 2 aromatic heterocycles. The van der Waals surface area contributed by atoms with Crippen LogP contribution in [-0.4, -0.2) is 63.7 Å². The number of hydrogen-bond acceptors (Lipinski definition) is 5. The van der Waals surface area contributed by atoms with E-state index < -0.39 is 0 Å². The van der Waals surface area contributed by atoms with Crippen LogP contribution in [0.5, 0.6) is 5.75 Å². The number of carbonyl (C=O) groups excluding carboxylic acids is 1. The Morgan fingerprint density at radius 1 is 1.06 bits per heavy atom. The van der Waals surface area contributed by atoms with Crippen LogP contribution in [0.3, 0.4) is 0 Å². The highest BCUT2D eigenvalue weighted by atomic mass is 19.1. The first-order chi connectivity index (χ1) is 16.6. The first-order valence-electron chi connectivity index (χ1n) is 11.1. The Kier molecular flexibility index (Phi) is 6.09. The van der Waals surface area contributed by atoms with Crippen molar-refractivity contribution < 1.29 is 13.9 Å². The highest BCUT2D eigenvalue weighted by Gasteiger charge is 2.23. The molecule has 0 atom stereocenters. The lowest BCUT2D eigenvalue weighted by Crippen LogP contribution is -2.49. The van der Waals surface area contributed by atoms with Gasteiger partial charge in [-0.2, -0.15) is 0 Å². The minimum Gasteiger partial charge on any atom is -0.497 e.